The van der Waals surface area contributed by atoms with E-state index < -0.39 is 0 Å². The molecule has 0 saturated carbocycles. The molecule has 0 bridgehead atoms. The lowest BCUT2D eigenvalue weighted by Crippen LogP contribution is -1.84. The van der Waals surface area contributed by atoms with Crippen LogP contribution >= 0.6 is 12.4 Å². The Bertz CT molecular complexity index is 228. The van der Waals surface area contributed by atoms with Gasteiger partial charge in [-0.3, -0.25) is 0 Å². The van der Waals surface area contributed by atoms with Crippen LogP contribution in [0.2, 0.25) is 0 Å². The summed E-state index contributed by atoms with van der Waals surface area (Å²) in [4.78, 5) is 0. The predicted molar refractivity (Wildman–Crippen MR) is 48.1 cm³/mol. The van der Waals surface area contributed by atoms with Gasteiger partial charge in [-0.15, -0.1) is 12.4 Å². The van der Waals surface area contributed by atoms with Crippen LogP contribution in [0.5, 0.6) is 5.75 Å². The Morgan fingerprint density at radius 3 is 2.27 bits per heavy atom. The van der Waals surface area contributed by atoms with Crippen molar-refractivity contribution < 1.29 is 10.6 Å². The second-order valence-corrected chi connectivity index (χ2v) is 2.06. The van der Waals surface area contributed by atoms with E-state index in [9.17, 15) is 0 Å². The number of aromatic hydroxyl groups is 1. The van der Waals surface area contributed by atoms with Gasteiger partial charge in [0.15, 0.2) is 0 Å². The van der Waals surface area contributed by atoms with Crippen LogP contribution in [0.25, 0.3) is 0 Å². The molecule has 0 fully saturated rings. The van der Waals surface area contributed by atoms with Crippen LogP contribution in [-0.2, 0) is 0 Å². The quantitative estimate of drug-likeness (QED) is 0.456. The molecule has 0 unspecified atom stereocenters. The lowest BCUT2D eigenvalue weighted by Gasteiger charge is -1.97. The molecule has 0 aromatic heterocycles. The maximum Gasteiger partial charge on any atom is 0.138 e. The largest absolute Gasteiger partial charge is 0.506 e. The number of rotatable bonds is 0. The zero-order chi connectivity index (χ0) is 6.85. The highest BCUT2D eigenvalue weighted by molar-refractivity contribution is 5.85. The molecule has 5 N–H and O–H groups in total. The van der Waals surface area contributed by atoms with E-state index in [-0.39, 0.29) is 23.6 Å². The van der Waals surface area contributed by atoms with Crippen molar-refractivity contribution in [2.75, 3.05) is 5.73 Å². The van der Waals surface area contributed by atoms with Crippen LogP contribution in [0.4, 0.5) is 5.69 Å². The van der Waals surface area contributed by atoms with Crippen molar-refractivity contribution in [3.8, 4) is 5.75 Å². The number of benzene rings is 1. The summed E-state index contributed by atoms with van der Waals surface area (Å²) in [7, 11) is 0. The predicted octanol–water partition coefficient (Wildman–Crippen LogP) is 0.880. The number of phenolic OH excluding ortho intramolecular Hbond substituents is 1. The SMILES string of the molecule is Cc1ccc(N)c(O)c1.Cl.O. The highest BCUT2D eigenvalue weighted by Crippen LogP contribution is 2.19. The summed E-state index contributed by atoms with van der Waals surface area (Å²) in [5, 5.41) is 8.98. The van der Waals surface area contributed by atoms with Gasteiger partial charge in [0.25, 0.3) is 0 Å². The summed E-state index contributed by atoms with van der Waals surface area (Å²) in [6.07, 6.45) is 0. The second-order valence-electron chi connectivity index (χ2n) is 2.06. The van der Waals surface area contributed by atoms with Crippen molar-refractivity contribution in [2.24, 2.45) is 0 Å². The van der Waals surface area contributed by atoms with E-state index in [2.05, 4.69) is 0 Å². The van der Waals surface area contributed by atoms with Crippen molar-refractivity contribution in [1.29, 1.82) is 0 Å². The highest BCUT2D eigenvalue weighted by Gasteiger charge is 1.92. The molecule has 3 nitrogen and oxygen atoms in total. The Kier molecular flexibility index (Phi) is 5.57. The number of aryl methyl sites for hydroxylation is 1. The van der Waals surface area contributed by atoms with E-state index in [4.69, 9.17) is 10.8 Å². The van der Waals surface area contributed by atoms with Gasteiger partial charge >= 0.3 is 0 Å². The normalized spacial score (nSPS) is 7.73. The van der Waals surface area contributed by atoms with Crippen molar-refractivity contribution in [2.45, 2.75) is 6.92 Å². The number of nitrogens with two attached hydrogens (primary N) is 1. The molecule has 11 heavy (non-hydrogen) atoms. The van der Waals surface area contributed by atoms with Crippen molar-refractivity contribution in [3.05, 3.63) is 23.8 Å². The fraction of sp³-hybridized carbons (Fsp3) is 0.143. The van der Waals surface area contributed by atoms with Gasteiger partial charge in [-0.25, -0.2) is 0 Å². The Morgan fingerprint density at radius 2 is 1.91 bits per heavy atom. The van der Waals surface area contributed by atoms with Gasteiger partial charge in [0.05, 0.1) is 5.69 Å². The van der Waals surface area contributed by atoms with Gasteiger partial charge in [-0.2, -0.15) is 0 Å². The van der Waals surface area contributed by atoms with Gasteiger partial charge in [-0.05, 0) is 24.6 Å². The van der Waals surface area contributed by atoms with Gasteiger partial charge in [0, 0.05) is 0 Å². The van der Waals surface area contributed by atoms with Gasteiger partial charge in [-0.1, -0.05) is 6.07 Å². The van der Waals surface area contributed by atoms with E-state index in [1.165, 1.54) is 0 Å². The van der Waals surface area contributed by atoms with E-state index in [0.717, 1.165) is 5.56 Å². The standard InChI is InChI=1S/C7H9NO.ClH.H2O/c1-5-2-3-6(8)7(9)4-5;;/h2-4,9H,8H2,1H3;1H;1H2. The molecule has 64 valence electrons. The summed E-state index contributed by atoms with van der Waals surface area (Å²) in [5.74, 6) is 0.162. The molecule has 0 spiro atoms. The fourth-order valence-corrected chi connectivity index (χ4v) is 0.654. The van der Waals surface area contributed by atoms with Crippen LogP contribution in [-0.4, -0.2) is 10.6 Å². The van der Waals surface area contributed by atoms with Crippen LogP contribution < -0.4 is 5.73 Å². The smallest absolute Gasteiger partial charge is 0.138 e. The first-order chi connectivity index (χ1) is 4.20. The van der Waals surface area contributed by atoms with Crippen molar-refractivity contribution in [1.82, 2.24) is 0 Å². The zero-order valence-electron chi connectivity index (χ0n) is 6.16. The maximum atomic E-state index is 8.98. The number of anilines is 1. The third kappa shape index (κ3) is 3.11. The van der Waals surface area contributed by atoms with Gasteiger partial charge in [0.2, 0.25) is 0 Å². The minimum absolute atomic E-state index is 0. The first kappa shape index (κ1) is 12.7. The van der Waals surface area contributed by atoms with E-state index in [0.29, 0.717) is 5.69 Å². The number of hydrogen-bond acceptors (Lipinski definition) is 2. The fourth-order valence-electron chi connectivity index (χ4n) is 0.654. The minimum Gasteiger partial charge on any atom is -0.506 e. The molecule has 0 heterocycles. The monoisotopic (exact) mass is 177 g/mol. The van der Waals surface area contributed by atoms with E-state index >= 15 is 0 Å². The molecule has 1 rings (SSSR count). The number of phenols is 1. The van der Waals surface area contributed by atoms with Gasteiger partial charge in [0.1, 0.15) is 5.75 Å². The Labute approximate surface area is 71.6 Å². The lowest BCUT2D eigenvalue weighted by molar-refractivity contribution is 0.477. The summed E-state index contributed by atoms with van der Waals surface area (Å²) in [6, 6.07) is 5.18. The number of nitrogen functional groups attached to an aromatic ring is 1. The van der Waals surface area contributed by atoms with Crippen LogP contribution in [0.1, 0.15) is 5.56 Å². The van der Waals surface area contributed by atoms with Crippen molar-refractivity contribution in [3.63, 3.8) is 0 Å². The lowest BCUT2D eigenvalue weighted by atomic mass is 10.2. The zero-order valence-corrected chi connectivity index (χ0v) is 6.98. The molecule has 0 saturated heterocycles. The Balaban J connectivity index is 0. The molecule has 0 atom stereocenters. The summed E-state index contributed by atoms with van der Waals surface area (Å²) < 4.78 is 0. The maximum absolute atomic E-state index is 8.98. The minimum atomic E-state index is 0. The summed E-state index contributed by atoms with van der Waals surface area (Å²) >= 11 is 0. The molecule has 1 aromatic carbocycles. The average Bonchev–Trinajstić information content (AvgIpc) is 1.80. The van der Waals surface area contributed by atoms with Crippen LogP contribution in [0.3, 0.4) is 0 Å². The molecule has 0 aliphatic rings. The highest BCUT2D eigenvalue weighted by atomic mass is 35.5. The van der Waals surface area contributed by atoms with E-state index in [1.54, 1.807) is 12.1 Å². The third-order valence-corrected chi connectivity index (χ3v) is 1.19. The molecule has 0 aliphatic heterocycles. The molecule has 0 aliphatic carbocycles. The first-order valence-corrected chi connectivity index (χ1v) is 2.75. The van der Waals surface area contributed by atoms with Crippen LogP contribution in [0.15, 0.2) is 18.2 Å². The molecule has 0 radical (unpaired) electrons. The first-order valence-electron chi connectivity index (χ1n) is 2.75. The topological polar surface area (TPSA) is 77.8 Å². The Hall–Kier alpha value is -0.930. The van der Waals surface area contributed by atoms with Crippen molar-refractivity contribution >= 4 is 18.1 Å². The van der Waals surface area contributed by atoms with E-state index in [1.807, 2.05) is 13.0 Å². The van der Waals surface area contributed by atoms with Gasteiger partial charge < -0.3 is 16.3 Å². The Morgan fingerprint density at radius 1 is 1.36 bits per heavy atom. The summed E-state index contributed by atoms with van der Waals surface area (Å²) in [6.45, 7) is 1.90. The number of hydrogen-bond donors (Lipinski definition) is 2. The molecule has 0 amide bonds. The summed E-state index contributed by atoms with van der Waals surface area (Å²) in [5.41, 5.74) is 6.79. The third-order valence-electron chi connectivity index (χ3n) is 1.19. The molecular formula is C7H12ClNO2. The molecular weight excluding hydrogens is 166 g/mol. The number of halogens is 1. The molecule has 1 aromatic rings. The van der Waals surface area contributed by atoms with Crippen LogP contribution in [0, 0.1) is 6.92 Å². The molecule has 4 heteroatoms. The average molecular weight is 178 g/mol. The second kappa shape index (κ2) is 4.82.